The van der Waals surface area contributed by atoms with Crippen molar-refractivity contribution in [3.63, 3.8) is 0 Å². The molecule has 122 valence electrons. The van der Waals surface area contributed by atoms with E-state index >= 15 is 0 Å². The average Bonchev–Trinajstić information content (AvgIpc) is 2.85. The Labute approximate surface area is 149 Å². The molecule has 0 aliphatic heterocycles. The van der Waals surface area contributed by atoms with Crippen LogP contribution in [0.25, 0.3) is 0 Å². The molecular formula is C18H20BrNO2S. The van der Waals surface area contributed by atoms with Crippen molar-refractivity contribution in [2.75, 3.05) is 7.05 Å². The highest BCUT2D eigenvalue weighted by Gasteiger charge is 2.16. The molecule has 0 N–H and O–H groups in total. The van der Waals surface area contributed by atoms with Gasteiger partial charge in [0.05, 0.1) is 0 Å². The first kappa shape index (κ1) is 17.9. The van der Waals surface area contributed by atoms with E-state index in [0.717, 1.165) is 25.4 Å². The summed E-state index contributed by atoms with van der Waals surface area (Å²) < 4.78 is 0.986. The molecule has 0 spiro atoms. The first-order valence-electron chi connectivity index (χ1n) is 7.46. The van der Waals surface area contributed by atoms with Gasteiger partial charge in [0.25, 0.3) is 0 Å². The third kappa shape index (κ3) is 4.75. The molecule has 0 saturated heterocycles. The lowest BCUT2D eigenvalue weighted by molar-refractivity contribution is -0.130. The fourth-order valence-corrected chi connectivity index (χ4v) is 3.78. The van der Waals surface area contributed by atoms with Gasteiger partial charge >= 0.3 is 0 Å². The minimum absolute atomic E-state index is 0.0151. The van der Waals surface area contributed by atoms with Crippen LogP contribution in [0.3, 0.4) is 0 Å². The van der Waals surface area contributed by atoms with Crippen LogP contribution in [0.5, 0.6) is 0 Å². The second-order valence-electron chi connectivity index (χ2n) is 5.59. The summed E-state index contributed by atoms with van der Waals surface area (Å²) in [4.78, 5) is 28.3. The van der Waals surface area contributed by atoms with E-state index in [1.807, 2.05) is 44.2 Å². The van der Waals surface area contributed by atoms with Gasteiger partial charge in [-0.3, -0.25) is 9.59 Å². The lowest BCUT2D eigenvalue weighted by atomic mass is 10.1. The van der Waals surface area contributed by atoms with E-state index in [-0.39, 0.29) is 24.5 Å². The Hall–Kier alpha value is -1.46. The van der Waals surface area contributed by atoms with E-state index < -0.39 is 0 Å². The molecule has 0 bridgehead atoms. The number of benzene rings is 1. The highest BCUT2D eigenvalue weighted by molar-refractivity contribution is 9.10. The molecule has 2 rings (SSSR count). The number of carbonyl (C=O) groups is 2. The van der Waals surface area contributed by atoms with Crippen molar-refractivity contribution in [3.05, 3.63) is 55.7 Å². The number of hydrogen-bond acceptors (Lipinski definition) is 3. The van der Waals surface area contributed by atoms with Gasteiger partial charge in [0, 0.05) is 46.2 Å². The number of nitrogens with zero attached hydrogens (tertiary/aromatic N) is 1. The van der Waals surface area contributed by atoms with E-state index in [1.165, 1.54) is 0 Å². The van der Waals surface area contributed by atoms with Gasteiger partial charge in [0.2, 0.25) is 5.91 Å². The third-order valence-corrected chi connectivity index (χ3v) is 5.44. The third-order valence-electron chi connectivity index (χ3n) is 3.70. The molecule has 0 aliphatic rings. The average molecular weight is 394 g/mol. The van der Waals surface area contributed by atoms with Crippen LogP contribution in [0.4, 0.5) is 0 Å². The van der Waals surface area contributed by atoms with E-state index in [2.05, 4.69) is 15.9 Å². The predicted molar refractivity (Wildman–Crippen MR) is 98.0 cm³/mol. The zero-order chi connectivity index (χ0) is 17.0. The molecule has 1 amide bonds. The maximum atomic E-state index is 12.2. The van der Waals surface area contributed by atoms with E-state index in [0.29, 0.717) is 6.54 Å². The number of ketones is 1. The number of rotatable bonds is 6. The van der Waals surface area contributed by atoms with E-state index in [1.54, 1.807) is 23.3 Å². The second-order valence-corrected chi connectivity index (χ2v) is 7.91. The van der Waals surface area contributed by atoms with E-state index in [9.17, 15) is 9.59 Å². The normalized spacial score (nSPS) is 10.6. The number of amides is 1. The van der Waals surface area contributed by atoms with Crippen molar-refractivity contribution < 1.29 is 9.59 Å². The van der Waals surface area contributed by atoms with Crippen molar-refractivity contribution in [3.8, 4) is 0 Å². The summed E-state index contributed by atoms with van der Waals surface area (Å²) in [5, 5.41) is 0. The van der Waals surface area contributed by atoms with Crippen LogP contribution in [-0.2, 0) is 11.3 Å². The highest BCUT2D eigenvalue weighted by Crippen LogP contribution is 2.22. The summed E-state index contributed by atoms with van der Waals surface area (Å²) in [6, 6.07) is 9.75. The van der Waals surface area contributed by atoms with E-state index in [4.69, 9.17) is 0 Å². The smallest absolute Gasteiger partial charge is 0.223 e. The minimum atomic E-state index is -0.0151. The molecule has 3 nitrogen and oxygen atoms in total. The summed E-state index contributed by atoms with van der Waals surface area (Å²) in [6.07, 6.45) is 0.504. The summed E-state index contributed by atoms with van der Waals surface area (Å²) in [5.74, 6) is 0.0354. The SMILES string of the molecule is Cc1cc(C(=O)CCC(=O)N(C)Cc2ccccc2Br)c(C)s1. The number of hydrogen-bond donors (Lipinski definition) is 0. The van der Waals surface area contributed by atoms with Crippen LogP contribution >= 0.6 is 27.3 Å². The minimum Gasteiger partial charge on any atom is -0.341 e. The maximum Gasteiger partial charge on any atom is 0.223 e. The predicted octanol–water partition coefficient (Wildman–Crippen LogP) is 4.75. The first-order chi connectivity index (χ1) is 10.9. The van der Waals surface area contributed by atoms with Crippen LogP contribution in [0, 0.1) is 13.8 Å². The lowest BCUT2D eigenvalue weighted by Gasteiger charge is -2.18. The molecule has 0 atom stereocenters. The Kier molecular flexibility index (Phi) is 6.13. The summed E-state index contributed by atoms with van der Waals surface area (Å²) in [7, 11) is 1.77. The molecule has 1 aromatic heterocycles. The zero-order valence-electron chi connectivity index (χ0n) is 13.6. The topological polar surface area (TPSA) is 37.4 Å². The van der Waals surface area contributed by atoms with Crippen molar-refractivity contribution in [2.45, 2.75) is 33.2 Å². The van der Waals surface area contributed by atoms with Gasteiger partial charge in [-0.25, -0.2) is 0 Å². The second kappa shape index (κ2) is 7.88. The molecule has 1 heterocycles. The number of halogens is 1. The Balaban J connectivity index is 1.90. The fraction of sp³-hybridized carbons (Fsp3) is 0.333. The van der Waals surface area contributed by atoms with Crippen molar-refractivity contribution >= 4 is 39.0 Å². The van der Waals surface area contributed by atoms with Gasteiger partial charge < -0.3 is 4.90 Å². The Morgan fingerprint density at radius 3 is 2.48 bits per heavy atom. The zero-order valence-corrected chi connectivity index (χ0v) is 16.0. The Morgan fingerprint density at radius 2 is 1.87 bits per heavy atom. The van der Waals surface area contributed by atoms with Gasteiger partial charge in [-0.05, 0) is 31.5 Å². The molecular weight excluding hydrogens is 374 g/mol. The Bertz CT molecular complexity index is 724. The van der Waals surface area contributed by atoms with Gasteiger partial charge in [-0.2, -0.15) is 0 Å². The molecule has 5 heteroatoms. The van der Waals surface area contributed by atoms with Crippen molar-refractivity contribution in [1.29, 1.82) is 0 Å². The Morgan fingerprint density at radius 1 is 1.17 bits per heavy atom. The quantitative estimate of drug-likeness (QED) is 0.664. The summed E-state index contributed by atoms with van der Waals surface area (Å²) in [5.41, 5.74) is 1.81. The number of aryl methyl sites for hydroxylation is 2. The van der Waals surface area contributed by atoms with Crippen LogP contribution in [0.1, 0.15) is 38.5 Å². The van der Waals surface area contributed by atoms with Gasteiger partial charge in [-0.15, -0.1) is 11.3 Å². The number of thiophene rings is 1. The van der Waals surface area contributed by atoms with Gasteiger partial charge in [-0.1, -0.05) is 34.1 Å². The van der Waals surface area contributed by atoms with Gasteiger partial charge in [0.15, 0.2) is 5.78 Å². The number of Topliss-reactive ketones (excluding diaryl/α,β-unsaturated/α-hetero) is 1. The standard InChI is InChI=1S/C18H20BrNO2S/c1-12-10-15(13(2)23-12)17(21)8-9-18(22)20(3)11-14-6-4-5-7-16(14)19/h4-7,10H,8-9,11H2,1-3H3. The molecule has 1 aromatic carbocycles. The molecule has 0 radical (unpaired) electrons. The maximum absolute atomic E-state index is 12.2. The van der Waals surface area contributed by atoms with Crippen LogP contribution < -0.4 is 0 Å². The molecule has 2 aromatic rings. The summed E-state index contributed by atoms with van der Waals surface area (Å²) in [6.45, 7) is 4.47. The van der Waals surface area contributed by atoms with Crippen LogP contribution in [-0.4, -0.2) is 23.6 Å². The van der Waals surface area contributed by atoms with Crippen molar-refractivity contribution in [2.24, 2.45) is 0 Å². The molecule has 0 saturated carbocycles. The monoisotopic (exact) mass is 393 g/mol. The molecule has 23 heavy (non-hydrogen) atoms. The highest BCUT2D eigenvalue weighted by atomic mass is 79.9. The lowest BCUT2D eigenvalue weighted by Crippen LogP contribution is -2.26. The number of carbonyl (C=O) groups excluding carboxylic acids is 2. The first-order valence-corrected chi connectivity index (χ1v) is 9.07. The molecule has 0 unspecified atom stereocenters. The van der Waals surface area contributed by atoms with Crippen LogP contribution in [0.15, 0.2) is 34.8 Å². The largest absolute Gasteiger partial charge is 0.341 e. The molecule has 0 fully saturated rings. The van der Waals surface area contributed by atoms with Gasteiger partial charge in [0.1, 0.15) is 0 Å². The molecule has 0 aliphatic carbocycles. The fourth-order valence-electron chi connectivity index (χ4n) is 2.42. The van der Waals surface area contributed by atoms with Crippen molar-refractivity contribution in [1.82, 2.24) is 4.90 Å². The van der Waals surface area contributed by atoms with Crippen LogP contribution in [0.2, 0.25) is 0 Å². The summed E-state index contributed by atoms with van der Waals surface area (Å²) >= 11 is 5.11.